The Kier molecular flexibility index (Phi) is 5.46. The Hall–Kier alpha value is -3.08. The highest BCUT2D eigenvalue weighted by molar-refractivity contribution is 5.90. The number of nitrogens with zero attached hydrogens (tertiary/aromatic N) is 2. The van der Waals surface area contributed by atoms with E-state index in [4.69, 9.17) is 0 Å². The molecule has 0 aliphatic rings. The van der Waals surface area contributed by atoms with Crippen molar-refractivity contribution in [3.8, 4) is 11.3 Å². The fourth-order valence-electron chi connectivity index (χ4n) is 2.46. The van der Waals surface area contributed by atoms with Crippen molar-refractivity contribution in [3.63, 3.8) is 0 Å². The minimum Gasteiger partial charge on any atom is -0.385 e. The standard InChI is InChI=1S/C20H22N4O/c1-2-3-14-21-17-9-11-18(12-10-17)22-20(25)24-15-13-19(23-24)16-7-5-4-6-8-16/h4-13,15,21H,2-3,14H2,1H3,(H,22,25). The maximum Gasteiger partial charge on any atom is 0.346 e. The van der Waals surface area contributed by atoms with Crippen LogP contribution in [0.15, 0.2) is 66.9 Å². The number of benzene rings is 2. The van der Waals surface area contributed by atoms with Crippen LogP contribution in [0.1, 0.15) is 19.8 Å². The van der Waals surface area contributed by atoms with Crippen LogP contribution in [0, 0.1) is 0 Å². The lowest BCUT2D eigenvalue weighted by Crippen LogP contribution is -2.19. The van der Waals surface area contributed by atoms with Gasteiger partial charge in [-0.1, -0.05) is 43.7 Å². The SMILES string of the molecule is CCCCNc1ccc(NC(=O)n2ccc(-c3ccccc3)n2)cc1. The topological polar surface area (TPSA) is 58.9 Å². The van der Waals surface area contributed by atoms with E-state index in [1.807, 2.05) is 60.7 Å². The van der Waals surface area contributed by atoms with Crippen molar-refractivity contribution in [2.45, 2.75) is 19.8 Å². The minimum atomic E-state index is -0.283. The second-order valence-electron chi connectivity index (χ2n) is 5.80. The highest BCUT2D eigenvalue weighted by atomic mass is 16.2. The van der Waals surface area contributed by atoms with E-state index in [0.717, 1.165) is 42.0 Å². The minimum absolute atomic E-state index is 0.283. The fourth-order valence-corrected chi connectivity index (χ4v) is 2.46. The van der Waals surface area contributed by atoms with Crippen LogP contribution in [-0.4, -0.2) is 22.4 Å². The Morgan fingerprint density at radius 1 is 1.00 bits per heavy atom. The van der Waals surface area contributed by atoms with Gasteiger partial charge in [-0.3, -0.25) is 0 Å². The van der Waals surface area contributed by atoms with Gasteiger partial charge in [0.1, 0.15) is 0 Å². The number of carbonyl (C=O) groups is 1. The smallest absolute Gasteiger partial charge is 0.346 e. The summed E-state index contributed by atoms with van der Waals surface area (Å²) >= 11 is 0. The molecule has 0 unspecified atom stereocenters. The van der Waals surface area contributed by atoms with Gasteiger partial charge in [0.2, 0.25) is 0 Å². The van der Waals surface area contributed by atoms with Gasteiger partial charge in [-0.15, -0.1) is 0 Å². The predicted octanol–water partition coefficient (Wildman–Crippen LogP) is 4.84. The molecule has 0 fully saturated rings. The van der Waals surface area contributed by atoms with E-state index in [-0.39, 0.29) is 6.03 Å². The highest BCUT2D eigenvalue weighted by Gasteiger charge is 2.08. The Bertz CT molecular complexity index is 809. The summed E-state index contributed by atoms with van der Waals surface area (Å²) in [7, 11) is 0. The van der Waals surface area contributed by atoms with Gasteiger partial charge in [-0.25, -0.2) is 4.79 Å². The number of unbranched alkanes of at least 4 members (excludes halogenated alkanes) is 1. The van der Waals surface area contributed by atoms with Gasteiger partial charge in [0.15, 0.2) is 0 Å². The average molecular weight is 334 g/mol. The van der Waals surface area contributed by atoms with Gasteiger partial charge in [0.25, 0.3) is 0 Å². The van der Waals surface area contributed by atoms with Crippen molar-refractivity contribution < 1.29 is 4.79 Å². The van der Waals surface area contributed by atoms with Crippen molar-refractivity contribution in [2.24, 2.45) is 0 Å². The molecule has 3 rings (SSSR count). The highest BCUT2D eigenvalue weighted by Crippen LogP contribution is 2.17. The lowest BCUT2D eigenvalue weighted by molar-refractivity contribution is 0.251. The average Bonchev–Trinajstić information content (AvgIpc) is 3.14. The molecular weight excluding hydrogens is 312 g/mol. The molecule has 3 aromatic rings. The first-order valence-corrected chi connectivity index (χ1v) is 8.52. The van der Waals surface area contributed by atoms with Gasteiger partial charge in [0, 0.05) is 29.7 Å². The van der Waals surface area contributed by atoms with Crippen LogP contribution in [0.2, 0.25) is 0 Å². The zero-order chi connectivity index (χ0) is 17.5. The van der Waals surface area contributed by atoms with Gasteiger partial charge in [-0.2, -0.15) is 9.78 Å². The number of aromatic nitrogens is 2. The summed E-state index contributed by atoms with van der Waals surface area (Å²) in [5, 5.41) is 10.5. The first kappa shape index (κ1) is 16.8. The van der Waals surface area contributed by atoms with E-state index in [0.29, 0.717) is 0 Å². The summed E-state index contributed by atoms with van der Waals surface area (Å²) < 4.78 is 1.32. The summed E-state index contributed by atoms with van der Waals surface area (Å²) in [5.41, 5.74) is 3.54. The molecule has 1 amide bonds. The zero-order valence-corrected chi connectivity index (χ0v) is 14.3. The second kappa shape index (κ2) is 8.15. The third-order valence-corrected chi connectivity index (χ3v) is 3.86. The number of rotatable bonds is 6. The molecule has 1 heterocycles. The number of anilines is 2. The molecular formula is C20H22N4O. The van der Waals surface area contributed by atoms with Crippen LogP contribution in [0.3, 0.4) is 0 Å². The maximum atomic E-state index is 12.3. The van der Waals surface area contributed by atoms with E-state index in [1.54, 1.807) is 6.20 Å². The second-order valence-corrected chi connectivity index (χ2v) is 5.80. The summed E-state index contributed by atoms with van der Waals surface area (Å²) in [4.78, 5) is 12.3. The molecule has 0 radical (unpaired) electrons. The van der Waals surface area contributed by atoms with Crippen LogP contribution >= 0.6 is 0 Å². The lowest BCUT2D eigenvalue weighted by Gasteiger charge is -2.08. The molecule has 0 aliphatic carbocycles. The van der Waals surface area contributed by atoms with Gasteiger partial charge in [0.05, 0.1) is 5.69 Å². The van der Waals surface area contributed by atoms with Crippen molar-refractivity contribution in [1.82, 2.24) is 9.78 Å². The van der Waals surface area contributed by atoms with Crippen LogP contribution in [0.5, 0.6) is 0 Å². The Morgan fingerprint density at radius 3 is 2.44 bits per heavy atom. The molecule has 0 bridgehead atoms. The summed E-state index contributed by atoms with van der Waals surface area (Å²) in [5.74, 6) is 0. The summed E-state index contributed by atoms with van der Waals surface area (Å²) in [6, 6.07) is 19.0. The van der Waals surface area contributed by atoms with Crippen molar-refractivity contribution in [3.05, 3.63) is 66.9 Å². The van der Waals surface area contributed by atoms with Crippen molar-refractivity contribution in [1.29, 1.82) is 0 Å². The molecule has 2 aromatic carbocycles. The molecule has 1 aromatic heterocycles. The molecule has 5 heteroatoms. The van der Waals surface area contributed by atoms with Crippen molar-refractivity contribution in [2.75, 3.05) is 17.2 Å². The van der Waals surface area contributed by atoms with Crippen molar-refractivity contribution >= 4 is 17.4 Å². The van der Waals surface area contributed by atoms with Gasteiger partial charge < -0.3 is 10.6 Å². The fraction of sp³-hybridized carbons (Fsp3) is 0.200. The molecule has 0 saturated carbocycles. The number of hydrogen-bond acceptors (Lipinski definition) is 3. The maximum absolute atomic E-state index is 12.3. The number of carbonyl (C=O) groups excluding carboxylic acids is 1. The van der Waals surface area contributed by atoms with Crippen LogP contribution in [-0.2, 0) is 0 Å². The van der Waals surface area contributed by atoms with E-state index in [1.165, 1.54) is 4.68 Å². The first-order valence-electron chi connectivity index (χ1n) is 8.52. The number of nitrogens with one attached hydrogen (secondary N) is 2. The summed E-state index contributed by atoms with van der Waals surface area (Å²) in [6.07, 6.45) is 3.97. The van der Waals surface area contributed by atoms with E-state index >= 15 is 0 Å². The number of amides is 1. The summed E-state index contributed by atoms with van der Waals surface area (Å²) in [6.45, 7) is 3.12. The normalized spacial score (nSPS) is 10.4. The van der Waals surface area contributed by atoms with Crippen LogP contribution < -0.4 is 10.6 Å². The molecule has 0 saturated heterocycles. The van der Waals surface area contributed by atoms with E-state index in [9.17, 15) is 4.79 Å². The largest absolute Gasteiger partial charge is 0.385 e. The monoisotopic (exact) mass is 334 g/mol. The molecule has 25 heavy (non-hydrogen) atoms. The third kappa shape index (κ3) is 4.47. The molecule has 128 valence electrons. The van der Waals surface area contributed by atoms with E-state index in [2.05, 4.69) is 22.7 Å². The Labute approximate surface area is 147 Å². The molecule has 0 atom stereocenters. The quantitative estimate of drug-likeness (QED) is 0.634. The zero-order valence-electron chi connectivity index (χ0n) is 14.3. The molecule has 2 N–H and O–H groups in total. The molecule has 5 nitrogen and oxygen atoms in total. The Balaban J connectivity index is 1.61. The predicted molar refractivity (Wildman–Crippen MR) is 102 cm³/mol. The van der Waals surface area contributed by atoms with Gasteiger partial charge in [-0.05, 0) is 36.8 Å². The lowest BCUT2D eigenvalue weighted by atomic mass is 10.2. The first-order chi connectivity index (χ1) is 12.3. The molecule has 0 spiro atoms. The van der Waals surface area contributed by atoms with Gasteiger partial charge >= 0.3 is 6.03 Å². The van der Waals surface area contributed by atoms with Crippen LogP contribution in [0.25, 0.3) is 11.3 Å². The third-order valence-electron chi connectivity index (χ3n) is 3.86. The van der Waals surface area contributed by atoms with E-state index < -0.39 is 0 Å². The van der Waals surface area contributed by atoms with Crippen LogP contribution in [0.4, 0.5) is 16.2 Å². The number of hydrogen-bond donors (Lipinski definition) is 2. The Morgan fingerprint density at radius 2 is 1.72 bits per heavy atom. The molecule has 0 aliphatic heterocycles.